The van der Waals surface area contributed by atoms with E-state index in [9.17, 15) is 0 Å². The van der Waals surface area contributed by atoms with Crippen molar-refractivity contribution in [3.8, 4) is 0 Å². The molecule has 2 saturated heterocycles. The van der Waals surface area contributed by atoms with Gasteiger partial charge in [0.05, 0.1) is 12.7 Å². The highest BCUT2D eigenvalue weighted by Crippen LogP contribution is 2.21. The standard InChI is InChI=1S/C8H15NO.2C2H6/c1-7-5-9-4-2-3-8(9)6-10-7;2*1-2/h7-8H,2-6H2,1H3;2*1-2H3/t7-,8+;;/m1../s1. The zero-order valence-electron chi connectivity index (χ0n) is 10.5. The highest BCUT2D eigenvalue weighted by Gasteiger charge is 2.29. The Labute approximate surface area is 89.6 Å². The van der Waals surface area contributed by atoms with E-state index in [0.29, 0.717) is 6.10 Å². The van der Waals surface area contributed by atoms with E-state index in [0.717, 1.165) is 19.2 Å². The first-order chi connectivity index (χ1) is 6.86. The van der Waals surface area contributed by atoms with E-state index in [1.165, 1.54) is 19.4 Å². The lowest BCUT2D eigenvalue weighted by molar-refractivity contribution is -0.0389. The Hall–Kier alpha value is -0.0800. The van der Waals surface area contributed by atoms with E-state index in [1.54, 1.807) is 0 Å². The smallest absolute Gasteiger partial charge is 0.0674 e. The SMILES string of the molecule is CC.CC.C[C@@H]1CN2CCC[C@H]2CO1. The number of morpholine rings is 1. The van der Waals surface area contributed by atoms with Gasteiger partial charge in [-0.2, -0.15) is 0 Å². The predicted molar refractivity (Wildman–Crippen MR) is 62.7 cm³/mol. The van der Waals surface area contributed by atoms with Crippen LogP contribution in [0.1, 0.15) is 47.5 Å². The Bertz CT molecular complexity index is 127. The molecule has 2 aliphatic rings. The summed E-state index contributed by atoms with van der Waals surface area (Å²) < 4.78 is 5.55. The largest absolute Gasteiger partial charge is 0.376 e. The molecule has 2 atom stereocenters. The summed E-state index contributed by atoms with van der Waals surface area (Å²) in [5, 5.41) is 0. The summed E-state index contributed by atoms with van der Waals surface area (Å²) in [6.07, 6.45) is 3.20. The Morgan fingerprint density at radius 3 is 2.43 bits per heavy atom. The van der Waals surface area contributed by atoms with Crippen LogP contribution in [0.15, 0.2) is 0 Å². The maximum absolute atomic E-state index is 5.55. The maximum Gasteiger partial charge on any atom is 0.0674 e. The monoisotopic (exact) mass is 201 g/mol. The molecule has 2 nitrogen and oxygen atoms in total. The molecule has 0 N–H and O–H groups in total. The van der Waals surface area contributed by atoms with Crippen molar-refractivity contribution in [2.24, 2.45) is 0 Å². The molecule has 0 bridgehead atoms. The molecule has 0 unspecified atom stereocenters. The Kier molecular flexibility index (Phi) is 8.20. The zero-order valence-corrected chi connectivity index (χ0v) is 10.5. The van der Waals surface area contributed by atoms with Crippen LogP contribution in [0, 0.1) is 0 Å². The molecule has 14 heavy (non-hydrogen) atoms. The van der Waals surface area contributed by atoms with Gasteiger partial charge in [0.2, 0.25) is 0 Å². The van der Waals surface area contributed by atoms with Crippen LogP contribution in [0.4, 0.5) is 0 Å². The Morgan fingerprint density at radius 2 is 1.79 bits per heavy atom. The van der Waals surface area contributed by atoms with E-state index in [1.807, 2.05) is 27.7 Å². The molecule has 0 spiro atoms. The topological polar surface area (TPSA) is 12.5 Å². The summed E-state index contributed by atoms with van der Waals surface area (Å²) in [4.78, 5) is 2.56. The van der Waals surface area contributed by atoms with Crippen LogP contribution in [-0.4, -0.2) is 36.7 Å². The van der Waals surface area contributed by atoms with Crippen molar-refractivity contribution in [1.82, 2.24) is 4.90 Å². The molecule has 0 saturated carbocycles. The molecular weight excluding hydrogens is 174 g/mol. The number of ether oxygens (including phenoxy) is 1. The van der Waals surface area contributed by atoms with Crippen molar-refractivity contribution in [3.63, 3.8) is 0 Å². The van der Waals surface area contributed by atoms with Crippen molar-refractivity contribution >= 4 is 0 Å². The Morgan fingerprint density at radius 1 is 1.14 bits per heavy atom. The molecule has 2 fully saturated rings. The second kappa shape index (κ2) is 8.25. The number of rotatable bonds is 0. The van der Waals surface area contributed by atoms with E-state index < -0.39 is 0 Å². The van der Waals surface area contributed by atoms with Crippen LogP contribution in [0.25, 0.3) is 0 Å². The predicted octanol–water partition coefficient (Wildman–Crippen LogP) is 2.92. The van der Waals surface area contributed by atoms with Gasteiger partial charge in [-0.15, -0.1) is 0 Å². The van der Waals surface area contributed by atoms with Gasteiger partial charge in [0, 0.05) is 12.6 Å². The van der Waals surface area contributed by atoms with Crippen LogP contribution in [-0.2, 0) is 4.74 Å². The molecular formula is C12H27NO. The van der Waals surface area contributed by atoms with Gasteiger partial charge in [-0.05, 0) is 26.3 Å². The van der Waals surface area contributed by atoms with Gasteiger partial charge >= 0.3 is 0 Å². The summed E-state index contributed by atoms with van der Waals surface area (Å²) in [5.74, 6) is 0. The van der Waals surface area contributed by atoms with Crippen molar-refractivity contribution in [1.29, 1.82) is 0 Å². The van der Waals surface area contributed by atoms with E-state index in [-0.39, 0.29) is 0 Å². The van der Waals surface area contributed by atoms with Crippen LogP contribution in [0.5, 0.6) is 0 Å². The summed E-state index contributed by atoms with van der Waals surface area (Å²) in [6, 6.07) is 0.760. The number of hydrogen-bond donors (Lipinski definition) is 0. The summed E-state index contributed by atoms with van der Waals surface area (Å²) in [6.45, 7) is 13.6. The molecule has 2 aliphatic heterocycles. The average Bonchev–Trinajstić information content (AvgIpc) is 2.71. The van der Waals surface area contributed by atoms with Crippen LogP contribution < -0.4 is 0 Å². The fourth-order valence-corrected chi connectivity index (χ4v) is 1.98. The van der Waals surface area contributed by atoms with Gasteiger partial charge in [-0.1, -0.05) is 27.7 Å². The van der Waals surface area contributed by atoms with Gasteiger partial charge in [0.25, 0.3) is 0 Å². The van der Waals surface area contributed by atoms with E-state index in [4.69, 9.17) is 4.74 Å². The number of hydrogen-bond acceptors (Lipinski definition) is 2. The normalized spacial score (nSPS) is 30.6. The number of fused-ring (bicyclic) bond motifs is 1. The van der Waals surface area contributed by atoms with Crippen LogP contribution in [0.3, 0.4) is 0 Å². The molecule has 0 amide bonds. The van der Waals surface area contributed by atoms with Crippen LogP contribution >= 0.6 is 0 Å². The minimum atomic E-state index is 0.467. The summed E-state index contributed by atoms with van der Waals surface area (Å²) in [5.41, 5.74) is 0. The van der Waals surface area contributed by atoms with E-state index in [2.05, 4.69) is 11.8 Å². The first kappa shape index (κ1) is 13.9. The average molecular weight is 201 g/mol. The molecule has 0 aromatic rings. The van der Waals surface area contributed by atoms with Gasteiger partial charge in [-0.3, -0.25) is 4.90 Å². The Balaban J connectivity index is 0.000000379. The van der Waals surface area contributed by atoms with Gasteiger partial charge in [0.1, 0.15) is 0 Å². The third-order valence-electron chi connectivity index (χ3n) is 2.56. The fraction of sp³-hybridized carbons (Fsp3) is 1.00. The van der Waals surface area contributed by atoms with E-state index >= 15 is 0 Å². The second-order valence-corrected chi connectivity index (χ2v) is 3.43. The minimum Gasteiger partial charge on any atom is -0.376 e. The summed E-state index contributed by atoms with van der Waals surface area (Å²) in [7, 11) is 0. The van der Waals surface area contributed by atoms with Crippen molar-refractivity contribution in [3.05, 3.63) is 0 Å². The number of nitrogens with zero attached hydrogens (tertiary/aromatic N) is 1. The molecule has 0 aromatic carbocycles. The first-order valence-corrected chi connectivity index (χ1v) is 6.22. The first-order valence-electron chi connectivity index (χ1n) is 6.22. The summed E-state index contributed by atoms with van der Waals surface area (Å²) >= 11 is 0. The van der Waals surface area contributed by atoms with Gasteiger partial charge < -0.3 is 4.74 Å². The lowest BCUT2D eigenvalue weighted by atomic mass is 10.2. The molecule has 2 heteroatoms. The second-order valence-electron chi connectivity index (χ2n) is 3.43. The third kappa shape index (κ3) is 3.97. The quantitative estimate of drug-likeness (QED) is 0.597. The zero-order chi connectivity index (χ0) is 11.0. The minimum absolute atomic E-state index is 0.467. The van der Waals surface area contributed by atoms with Gasteiger partial charge in [-0.25, -0.2) is 0 Å². The third-order valence-corrected chi connectivity index (χ3v) is 2.56. The van der Waals surface area contributed by atoms with Crippen molar-refractivity contribution in [2.75, 3.05) is 19.7 Å². The molecule has 2 heterocycles. The fourth-order valence-electron chi connectivity index (χ4n) is 1.98. The lowest BCUT2D eigenvalue weighted by Gasteiger charge is -2.33. The molecule has 0 aromatic heterocycles. The van der Waals surface area contributed by atoms with Crippen molar-refractivity contribution < 1.29 is 4.74 Å². The lowest BCUT2D eigenvalue weighted by Crippen LogP contribution is -2.44. The molecule has 86 valence electrons. The van der Waals surface area contributed by atoms with Crippen molar-refractivity contribution in [2.45, 2.75) is 59.6 Å². The van der Waals surface area contributed by atoms with Gasteiger partial charge in [0.15, 0.2) is 0 Å². The molecule has 0 aliphatic carbocycles. The highest BCUT2D eigenvalue weighted by atomic mass is 16.5. The highest BCUT2D eigenvalue weighted by molar-refractivity contribution is 4.83. The molecule has 0 radical (unpaired) electrons. The van der Waals surface area contributed by atoms with Crippen LogP contribution in [0.2, 0.25) is 0 Å². The maximum atomic E-state index is 5.55. The molecule has 2 rings (SSSR count).